The fourth-order valence-corrected chi connectivity index (χ4v) is 5.67. The Morgan fingerprint density at radius 1 is 0.914 bits per heavy atom. The highest BCUT2D eigenvalue weighted by molar-refractivity contribution is 7.92. The smallest absolute Gasteiger partial charge is 0.264 e. The van der Waals surface area contributed by atoms with Crippen LogP contribution in [-0.4, -0.2) is 40.8 Å². The molecule has 190 valence electrons. The van der Waals surface area contributed by atoms with E-state index < -0.39 is 22.5 Å². The van der Waals surface area contributed by atoms with Crippen molar-refractivity contribution in [3.05, 3.63) is 47.5 Å². The molecular formula is C26H35N3O5S. The highest BCUT2D eigenvalue weighted by Crippen LogP contribution is 2.32. The van der Waals surface area contributed by atoms with Crippen LogP contribution in [-0.2, 0) is 14.8 Å². The second-order valence-electron chi connectivity index (χ2n) is 8.86. The zero-order chi connectivity index (χ0) is 25.4. The van der Waals surface area contributed by atoms with Gasteiger partial charge in [0.15, 0.2) is 11.5 Å². The van der Waals surface area contributed by atoms with Gasteiger partial charge in [-0.3, -0.25) is 9.10 Å². The number of methoxy groups -OCH3 is 2. The number of carbonyl (C=O) groups is 1. The average molecular weight is 502 g/mol. The van der Waals surface area contributed by atoms with Crippen LogP contribution in [0.1, 0.15) is 56.1 Å². The van der Waals surface area contributed by atoms with Crippen LogP contribution in [0.2, 0.25) is 0 Å². The number of rotatable bonds is 8. The van der Waals surface area contributed by atoms with E-state index in [9.17, 15) is 13.2 Å². The second-order valence-corrected chi connectivity index (χ2v) is 10.7. The van der Waals surface area contributed by atoms with Crippen molar-refractivity contribution in [2.45, 2.75) is 63.7 Å². The topological polar surface area (TPSA) is 97.3 Å². The fourth-order valence-electron chi connectivity index (χ4n) is 4.25. The molecule has 1 aliphatic rings. The Kier molecular flexibility index (Phi) is 9.14. The minimum absolute atomic E-state index is 0.00607. The normalized spacial score (nSPS) is 14.5. The van der Waals surface area contributed by atoms with Crippen molar-refractivity contribution < 1.29 is 22.7 Å². The van der Waals surface area contributed by atoms with E-state index in [1.54, 1.807) is 12.1 Å². The largest absolute Gasteiger partial charge is 0.493 e. The van der Waals surface area contributed by atoms with Crippen molar-refractivity contribution in [3.8, 4) is 11.5 Å². The lowest BCUT2D eigenvalue weighted by molar-refractivity contribution is -0.119. The maximum absolute atomic E-state index is 13.8. The van der Waals surface area contributed by atoms with E-state index in [4.69, 9.17) is 9.47 Å². The average Bonchev–Trinajstić information content (AvgIpc) is 2.80. The standard InChI is InChI=1S/C26H35N3O5S/c1-19-14-20(2)16-22(15-19)29(18-26(30)28-27-21-10-8-6-5-7-9-11-21)35(31,32)23-12-13-24(33-3)25(17-23)34-4/h12-17H,5-11,18H2,1-4H3,(H,28,30). The third kappa shape index (κ3) is 6.97. The van der Waals surface area contributed by atoms with Gasteiger partial charge in [0.2, 0.25) is 0 Å². The molecule has 0 aromatic heterocycles. The summed E-state index contributed by atoms with van der Waals surface area (Å²) in [6.45, 7) is 3.37. The van der Waals surface area contributed by atoms with Gasteiger partial charge in [0.05, 0.1) is 24.8 Å². The number of hydrogen-bond donors (Lipinski definition) is 1. The van der Waals surface area contributed by atoms with Crippen molar-refractivity contribution in [1.29, 1.82) is 0 Å². The summed E-state index contributed by atoms with van der Waals surface area (Å²) in [6, 6.07) is 9.82. The second kappa shape index (κ2) is 12.1. The molecule has 1 aliphatic carbocycles. The van der Waals surface area contributed by atoms with Crippen LogP contribution in [0.3, 0.4) is 0 Å². The third-order valence-corrected chi connectivity index (χ3v) is 7.76. The maximum atomic E-state index is 13.8. The Hall–Kier alpha value is -3.07. The Labute approximate surface area is 208 Å². The van der Waals surface area contributed by atoms with Crippen LogP contribution in [0.25, 0.3) is 0 Å². The van der Waals surface area contributed by atoms with Crippen LogP contribution in [0, 0.1) is 13.8 Å². The summed E-state index contributed by atoms with van der Waals surface area (Å²) in [5.74, 6) is 0.203. The number of anilines is 1. The van der Waals surface area contributed by atoms with Gasteiger partial charge < -0.3 is 9.47 Å². The highest BCUT2D eigenvalue weighted by Gasteiger charge is 2.29. The van der Waals surface area contributed by atoms with Gasteiger partial charge in [0.1, 0.15) is 6.54 Å². The van der Waals surface area contributed by atoms with Crippen LogP contribution >= 0.6 is 0 Å². The molecule has 2 aromatic rings. The SMILES string of the molecule is COc1ccc(S(=O)(=O)N(CC(=O)NN=C2CCCCCCC2)c2cc(C)cc(C)c2)cc1OC. The first-order valence-electron chi connectivity index (χ1n) is 11.9. The lowest BCUT2D eigenvalue weighted by Crippen LogP contribution is -2.40. The minimum atomic E-state index is -4.11. The first-order chi connectivity index (χ1) is 16.7. The number of nitrogens with one attached hydrogen (secondary N) is 1. The molecule has 8 nitrogen and oxygen atoms in total. The lowest BCUT2D eigenvalue weighted by atomic mass is 9.99. The number of benzene rings is 2. The first kappa shape index (κ1) is 26.5. The highest BCUT2D eigenvalue weighted by atomic mass is 32.2. The van der Waals surface area contributed by atoms with E-state index in [2.05, 4.69) is 10.5 Å². The molecule has 0 spiro atoms. The Morgan fingerprint density at radius 3 is 2.11 bits per heavy atom. The molecule has 1 N–H and O–H groups in total. The molecule has 0 aliphatic heterocycles. The van der Waals surface area contributed by atoms with Gasteiger partial charge in [-0.15, -0.1) is 0 Å². The number of carbonyl (C=O) groups excluding carboxylic acids is 1. The molecule has 1 fully saturated rings. The van der Waals surface area contributed by atoms with E-state index in [-0.39, 0.29) is 10.6 Å². The summed E-state index contributed by atoms with van der Waals surface area (Å²) in [5.41, 5.74) is 5.74. The van der Waals surface area contributed by atoms with Gasteiger partial charge in [-0.05, 0) is 74.9 Å². The quantitative estimate of drug-likeness (QED) is 0.527. The number of amides is 1. The first-order valence-corrected chi connectivity index (χ1v) is 13.4. The van der Waals surface area contributed by atoms with Gasteiger partial charge in [-0.2, -0.15) is 5.10 Å². The summed E-state index contributed by atoms with van der Waals surface area (Å²) >= 11 is 0. The number of aryl methyl sites for hydroxylation is 2. The molecule has 0 unspecified atom stereocenters. The van der Waals surface area contributed by atoms with Crippen LogP contribution in [0.15, 0.2) is 46.4 Å². The molecule has 1 saturated carbocycles. The molecule has 2 aromatic carbocycles. The number of hydrazone groups is 1. The van der Waals surface area contributed by atoms with Gasteiger partial charge >= 0.3 is 0 Å². The summed E-state index contributed by atoms with van der Waals surface area (Å²) < 4.78 is 39.2. The van der Waals surface area contributed by atoms with Gasteiger partial charge in [-0.25, -0.2) is 13.8 Å². The van der Waals surface area contributed by atoms with Crippen molar-refractivity contribution in [2.75, 3.05) is 25.1 Å². The summed E-state index contributed by atoms with van der Waals surface area (Å²) in [4.78, 5) is 12.9. The predicted octanol–water partition coefficient (Wildman–Crippen LogP) is 4.73. The van der Waals surface area contributed by atoms with E-state index in [0.29, 0.717) is 11.4 Å². The molecule has 0 bridgehead atoms. The molecule has 0 atom stereocenters. The molecule has 0 saturated heterocycles. The van der Waals surface area contributed by atoms with Crippen LogP contribution in [0.4, 0.5) is 5.69 Å². The number of sulfonamides is 1. The molecule has 35 heavy (non-hydrogen) atoms. The summed E-state index contributed by atoms with van der Waals surface area (Å²) in [7, 11) is -1.18. The minimum Gasteiger partial charge on any atom is -0.493 e. The molecule has 3 rings (SSSR count). The van der Waals surface area contributed by atoms with E-state index in [1.807, 2.05) is 19.9 Å². The van der Waals surface area contributed by atoms with E-state index in [0.717, 1.165) is 59.7 Å². The zero-order valence-electron chi connectivity index (χ0n) is 21.0. The Morgan fingerprint density at radius 2 is 1.51 bits per heavy atom. The predicted molar refractivity (Wildman–Crippen MR) is 138 cm³/mol. The zero-order valence-corrected chi connectivity index (χ0v) is 21.8. The van der Waals surface area contributed by atoms with Gasteiger partial charge in [-0.1, -0.05) is 25.3 Å². The van der Waals surface area contributed by atoms with Crippen molar-refractivity contribution in [2.24, 2.45) is 5.10 Å². The van der Waals surface area contributed by atoms with Crippen molar-refractivity contribution >= 4 is 27.3 Å². The number of nitrogens with zero attached hydrogens (tertiary/aromatic N) is 2. The Bertz CT molecular complexity index is 1150. The number of ether oxygens (including phenoxy) is 2. The molecule has 1 amide bonds. The monoisotopic (exact) mass is 501 g/mol. The van der Waals surface area contributed by atoms with Crippen molar-refractivity contribution in [3.63, 3.8) is 0 Å². The fraction of sp³-hybridized carbons (Fsp3) is 0.462. The summed E-state index contributed by atoms with van der Waals surface area (Å²) in [6.07, 6.45) is 7.37. The molecule has 0 radical (unpaired) electrons. The molecule has 9 heteroatoms. The van der Waals surface area contributed by atoms with Crippen LogP contribution in [0.5, 0.6) is 11.5 Å². The Balaban J connectivity index is 1.93. The lowest BCUT2D eigenvalue weighted by Gasteiger charge is -2.25. The van der Waals surface area contributed by atoms with E-state index in [1.165, 1.54) is 38.8 Å². The van der Waals surface area contributed by atoms with Gasteiger partial charge in [0.25, 0.3) is 15.9 Å². The van der Waals surface area contributed by atoms with Crippen molar-refractivity contribution in [1.82, 2.24) is 5.43 Å². The van der Waals surface area contributed by atoms with Crippen LogP contribution < -0.4 is 19.2 Å². The summed E-state index contributed by atoms with van der Waals surface area (Å²) in [5, 5.41) is 4.33. The third-order valence-electron chi connectivity index (χ3n) is 5.99. The molecule has 0 heterocycles. The maximum Gasteiger partial charge on any atom is 0.264 e. The number of hydrogen-bond acceptors (Lipinski definition) is 6. The van der Waals surface area contributed by atoms with Gasteiger partial charge in [0, 0.05) is 11.8 Å². The van der Waals surface area contributed by atoms with E-state index >= 15 is 0 Å². The molecular weight excluding hydrogens is 466 g/mol.